The van der Waals surface area contributed by atoms with Crippen molar-refractivity contribution in [2.24, 2.45) is 11.8 Å². The molecule has 0 aliphatic carbocycles. The molecule has 3 unspecified atom stereocenters. The van der Waals surface area contributed by atoms with Crippen LogP contribution in [0.3, 0.4) is 0 Å². The minimum atomic E-state index is 0.822. The molecule has 2 rings (SSSR count). The summed E-state index contributed by atoms with van der Waals surface area (Å²) in [5.41, 5.74) is 0. The van der Waals surface area contributed by atoms with E-state index in [2.05, 4.69) is 24.1 Å². The summed E-state index contributed by atoms with van der Waals surface area (Å²) in [6.45, 7) is 9.96. The van der Waals surface area contributed by atoms with Crippen LogP contribution in [0.15, 0.2) is 0 Å². The first-order valence-electron chi connectivity index (χ1n) is 7.26. The highest BCUT2D eigenvalue weighted by Gasteiger charge is 2.37. The van der Waals surface area contributed by atoms with E-state index in [0.29, 0.717) is 0 Å². The molecule has 2 heteroatoms. The smallest absolute Gasteiger partial charge is 0.00671 e. The molecule has 1 N–H and O–H groups in total. The van der Waals surface area contributed by atoms with Gasteiger partial charge in [-0.25, -0.2) is 0 Å². The molecule has 16 heavy (non-hydrogen) atoms. The maximum absolute atomic E-state index is 3.52. The van der Waals surface area contributed by atoms with Gasteiger partial charge in [-0.15, -0.1) is 0 Å². The fourth-order valence-electron chi connectivity index (χ4n) is 3.30. The van der Waals surface area contributed by atoms with Crippen LogP contribution < -0.4 is 5.32 Å². The van der Waals surface area contributed by atoms with Crippen molar-refractivity contribution in [3.05, 3.63) is 0 Å². The summed E-state index contributed by atoms with van der Waals surface area (Å²) >= 11 is 0. The van der Waals surface area contributed by atoms with Gasteiger partial charge < -0.3 is 5.32 Å². The Kier molecular flexibility index (Phi) is 4.66. The highest BCUT2D eigenvalue weighted by molar-refractivity contribution is 4.92. The number of nitrogens with one attached hydrogen (secondary N) is 1. The first kappa shape index (κ1) is 12.4. The van der Waals surface area contributed by atoms with E-state index in [9.17, 15) is 0 Å². The molecule has 0 amide bonds. The Bertz CT molecular complexity index is 193. The minimum absolute atomic E-state index is 0.822. The maximum Gasteiger partial charge on any atom is 0.00671 e. The summed E-state index contributed by atoms with van der Waals surface area (Å²) < 4.78 is 0. The van der Waals surface area contributed by atoms with Gasteiger partial charge >= 0.3 is 0 Å². The molecule has 0 bridgehead atoms. The molecular formula is C14H28N2. The SMILES string of the molecule is CCCCCCC(C)N1CC2CNCC2C1. The van der Waals surface area contributed by atoms with Crippen LogP contribution in [0.2, 0.25) is 0 Å². The van der Waals surface area contributed by atoms with Crippen LogP contribution in [0.5, 0.6) is 0 Å². The van der Waals surface area contributed by atoms with Crippen LogP contribution in [0.1, 0.15) is 46.0 Å². The molecule has 0 saturated carbocycles. The fraction of sp³-hybridized carbons (Fsp3) is 1.00. The quantitative estimate of drug-likeness (QED) is 0.697. The second kappa shape index (κ2) is 6.02. The lowest BCUT2D eigenvalue weighted by Gasteiger charge is -2.25. The van der Waals surface area contributed by atoms with E-state index in [1.54, 1.807) is 0 Å². The Balaban J connectivity index is 1.64. The molecule has 3 atom stereocenters. The molecule has 0 radical (unpaired) electrons. The number of hydrogen-bond donors (Lipinski definition) is 1. The van der Waals surface area contributed by atoms with Gasteiger partial charge in [-0.05, 0) is 38.3 Å². The Labute approximate surface area is 101 Å². The molecule has 2 aliphatic heterocycles. The Morgan fingerprint density at radius 1 is 1.12 bits per heavy atom. The van der Waals surface area contributed by atoms with Crippen LogP contribution in [0.4, 0.5) is 0 Å². The van der Waals surface area contributed by atoms with E-state index in [1.165, 1.54) is 58.3 Å². The van der Waals surface area contributed by atoms with Crippen molar-refractivity contribution >= 4 is 0 Å². The van der Waals surface area contributed by atoms with Crippen molar-refractivity contribution in [2.75, 3.05) is 26.2 Å². The van der Waals surface area contributed by atoms with E-state index < -0.39 is 0 Å². The van der Waals surface area contributed by atoms with Crippen LogP contribution in [0, 0.1) is 11.8 Å². The summed E-state index contributed by atoms with van der Waals surface area (Å²) in [6, 6.07) is 0.822. The fourth-order valence-corrected chi connectivity index (χ4v) is 3.30. The van der Waals surface area contributed by atoms with Crippen LogP contribution >= 0.6 is 0 Å². The summed E-state index contributed by atoms with van der Waals surface area (Å²) in [5, 5.41) is 3.52. The van der Waals surface area contributed by atoms with Crippen molar-refractivity contribution in [1.29, 1.82) is 0 Å². The summed E-state index contributed by atoms with van der Waals surface area (Å²) in [7, 11) is 0. The molecule has 2 fully saturated rings. The van der Waals surface area contributed by atoms with Crippen molar-refractivity contribution in [3.63, 3.8) is 0 Å². The Morgan fingerprint density at radius 2 is 1.81 bits per heavy atom. The zero-order chi connectivity index (χ0) is 11.4. The first-order valence-corrected chi connectivity index (χ1v) is 7.26. The number of nitrogens with zero attached hydrogens (tertiary/aromatic N) is 1. The zero-order valence-electron chi connectivity index (χ0n) is 11.0. The van der Waals surface area contributed by atoms with Gasteiger partial charge in [-0.3, -0.25) is 4.90 Å². The monoisotopic (exact) mass is 224 g/mol. The highest BCUT2D eigenvalue weighted by atomic mass is 15.2. The summed E-state index contributed by atoms with van der Waals surface area (Å²) in [4.78, 5) is 2.74. The lowest BCUT2D eigenvalue weighted by molar-refractivity contribution is 0.226. The lowest BCUT2D eigenvalue weighted by Crippen LogP contribution is -2.33. The van der Waals surface area contributed by atoms with E-state index >= 15 is 0 Å². The van der Waals surface area contributed by atoms with Gasteiger partial charge in [0.05, 0.1) is 0 Å². The third kappa shape index (κ3) is 2.98. The molecule has 2 aliphatic rings. The zero-order valence-corrected chi connectivity index (χ0v) is 11.0. The van der Waals surface area contributed by atoms with Gasteiger partial charge in [0.2, 0.25) is 0 Å². The lowest BCUT2D eigenvalue weighted by atomic mass is 10.0. The molecule has 2 saturated heterocycles. The van der Waals surface area contributed by atoms with Gasteiger partial charge in [-0.2, -0.15) is 0 Å². The second-order valence-corrected chi connectivity index (χ2v) is 5.83. The Hall–Kier alpha value is -0.0800. The number of unbranched alkanes of at least 4 members (excludes halogenated alkanes) is 3. The molecule has 94 valence electrons. The molecule has 2 nitrogen and oxygen atoms in total. The maximum atomic E-state index is 3.52. The molecule has 0 spiro atoms. The average molecular weight is 224 g/mol. The van der Waals surface area contributed by atoms with Crippen molar-refractivity contribution in [1.82, 2.24) is 10.2 Å². The van der Waals surface area contributed by atoms with E-state index in [-0.39, 0.29) is 0 Å². The van der Waals surface area contributed by atoms with E-state index in [4.69, 9.17) is 0 Å². The summed E-state index contributed by atoms with van der Waals surface area (Å²) in [5.74, 6) is 1.91. The topological polar surface area (TPSA) is 15.3 Å². The number of rotatable bonds is 6. The molecule has 0 aromatic heterocycles. The van der Waals surface area contributed by atoms with Crippen LogP contribution in [-0.2, 0) is 0 Å². The van der Waals surface area contributed by atoms with Crippen LogP contribution in [-0.4, -0.2) is 37.1 Å². The van der Waals surface area contributed by atoms with Gasteiger partial charge in [0.25, 0.3) is 0 Å². The summed E-state index contributed by atoms with van der Waals surface area (Å²) in [6.07, 6.45) is 7.05. The molecular weight excluding hydrogens is 196 g/mol. The minimum Gasteiger partial charge on any atom is -0.316 e. The van der Waals surface area contributed by atoms with Crippen molar-refractivity contribution in [3.8, 4) is 0 Å². The molecule has 0 aromatic rings. The largest absolute Gasteiger partial charge is 0.316 e. The highest BCUT2D eigenvalue weighted by Crippen LogP contribution is 2.28. The molecule has 0 aromatic carbocycles. The van der Waals surface area contributed by atoms with E-state index in [0.717, 1.165) is 17.9 Å². The normalized spacial score (nSPS) is 31.9. The predicted octanol–water partition coefficient (Wildman–Crippen LogP) is 2.50. The van der Waals surface area contributed by atoms with E-state index in [1.807, 2.05) is 0 Å². The predicted molar refractivity (Wildman–Crippen MR) is 69.6 cm³/mol. The third-order valence-electron chi connectivity index (χ3n) is 4.52. The Morgan fingerprint density at radius 3 is 2.44 bits per heavy atom. The van der Waals surface area contributed by atoms with Gasteiger partial charge in [0.15, 0.2) is 0 Å². The van der Waals surface area contributed by atoms with Gasteiger partial charge in [0.1, 0.15) is 0 Å². The second-order valence-electron chi connectivity index (χ2n) is 5.83. The first-order chi connectivity index (χ1) is 7.81. The average Bonchev–Trinajstić information content (AvgIpc) is 2.83. The van der Waals surface area contributed by atoms with Crippen molar-refractivity contribution in [2.45, 2.75) is 52.0 Å². The third-order valence-corrected chi connectivity index (χ3v) is 4.52. The van der Waals surface area contributed by atoms with Gasteiger partial charge in [-0.1, -0.05) is 32.6 Å². The van der Waals surface area contributed by atoms with Crippen LogP contribution in [0.25, 0.3) is 0 Å². The van der Waals surface area contributed by atoms with Crippen molar-refractivity contribution < 1.29 is 0 Å². The molecule has 2 heterocycles. The van der Waals surface area contributed by atoms with Gasteiger partial charge in [0, 0.05) is 19.1 Å². The number of fused-ring (bicyclic) bond motifs is 1. The standard InChI is InChI=1S/C14H28N2/c1-3-4-5-6-7-12(2)16-10-13-8-15-9-14(13)11-16/h12-15H,3-11H2,1-2H3. The number of hydrogen-bond acceptors (Lipinski definition) is 2. The number of likely N-dealkylation sites (tertiary alicyclic amines) is 1.